The minimum atomic E-state index is -0.128. The molecule has 0 saturated heterocycles. The van der Waals surface area contributed by atoms with Crippen molar-refractivity contribution in [3.63, 3.8) is 0 Å². The van der Waals surface area contributed by atoms with Crippen LogP contribution in [0.25, 0.3) is 0 Å². The summed E-state index contributed by atoms with van der Waals surface area (Å²) in [5.74, 6) is -0.128. The predicted molar refractivity (Wildman–Crippen MR) is 78.7 cm³/mol. The maximum atomic E-state index is 14.0. The number of thiophene rings is 1. The molecule has 2 aromatic rings. The number of aryl methyl sites for hydroxylation is 2. The van der Waals surface area contributed by atoms with E-state index in [0.29, 0.717) is 11.1 Å². The number of hydrogen-bond donors (Lipinski definition) is 0. The summed E-state index contributed by atoms with van der Waals surface area (Å²) in [5, 5.41) is 0. The Morgan fingerprint density at radius 3 is 2.53 bits per heavy atom. The lowest BCUT2D eigenvalue weighted by Crippen LogP contribution is -1.96. The van der Waals surface area contributed by atoms with Gasteiger partial charge in [0, 0.05) is 10.4 Å². The Morgan fingerprint density at radius 2 is 1.94 bits per heavy atom. The monoisotopic (exact) mass is 376 g/mol. The first-order chi connectivity index (χ1) is 8.00. The van der Waals surface area contributed by atoms with E-state index < -0.39 is 0 Å². The first-order valence-electron chi connectivity index (χ1n) is 5.15. The Kier molecular flexibility index (Phi) is 4.06. The molecule has 1 heterocycles. The summed E-state index contributed by atoms with van der Waals surface area (Å²) in [5.41, 5.74) is 2.56. The fourth-order valence-electron chi connectivity index (χ4n) is 1.63. The van der Waals surface area contributed by atoms with Crippen LogP contribution in [0, 0.1) is 19.7 Å². The van der Waals surface area contributed by atoms with Crippen molar-refractivity contribution in [2.24, 2.45) is 0 Å². The summed E-state index contributed by atoms with van der Waals surface area (Å²) < 4.78 is 15.1. The van der Waals surface area contributed by atoms with Crippen LogP contribution >= 0.6 is 43.2 Å². The van der Waals surface area contributed by atoms with Gasteiger partial charge in [-0.25, -0.2) is 4.39 Å². The van der Waals surface area contributed by atoms with Gasteiger partial charge in [-0.05, 0) is 47.0 Å². The van der Waals surface area contributed by atoms with Crippen LogP contribution < -0.4 is 0 Å². The normalized spacial score (nSPS) is 12.8. The Labute approximate surface area is 121 Å². The molecule has 1 atom stereocenters. The van der Waals surface area contributed by atoms with Gasteiger partial charge in [-0.3, -0.25) is 0 Å². The molecule has 0 aliphatic heterocycles. The Hall–Kier alpha value is -0.190. The summed E-state index contributed by atoms with van der Waals surface area (Å²) in [4.78, 5) is 1.02. The molecule has 0 aliphatic carbocycles. The third kappa shape index (κ3) is 2.64. The minimum Gasteiger partial charge on any atom is -0.206 e. The van der Waals surface area contributed by atoms with Gasteiger partial charge in [0.05, 0.1) is 8.61 Å². The standard InChI is InChI=1S/C13H11Br2FS/c1-7-4-3-5-9(12(7)16)11(14)10-6-8(2)13(15)17-10/h3-6,11H,1-2H3. The van der Waals surface area contributed by atoms with Gasteiger partial charge in [-0.1, -0.05) is 34.1 Å². The summed E-state index contributed by atoms with van der Waals surface area (Å²) in [7, 11) is 0. The Balaban J connectivity index is 2.43. The molecule has 90 valence electrons. The molecule has 1 aromatic heterocycles. The zero-order valence-electron chi connectivity index (χ0n) is 9.43. The van der Waals surface area contributed by atoms with Gasteiger partial charge in [0.15, 0.2) is 0 Å². The van der Waals surface area contributed by atoms with Gasteiger partial charge in [-0.15, -0.1) is 11.3 Å². The number of benzene rings is 1. The average Bonchev–Trinajstić information content (AvgIpc) is 2.62. The second-order valence-corrected chi connectivity index (χ2v) is 7.26. The van der Waals surface area contributed by atoms with E-state index >= 15 is 0 Å². The molecule has 1 unspecified atom stereocenters. The van der Waals surface area contributed by atoms with Crippen molar-refractivity contribution in [1.29, 1.82) is 0 Å². The summed E-state index contributed by atoms with van der Waals surface area (Å²) in [6.45, 7) is 3.82. The van der Waals surface area contributed by atoms with E-state index in [-0.39, 0.29) is 10.6 Å². The molecule has 0 aliphatic rings. The first kappa shape index (κ1) is 13.2. The van der Waals surface area contributed by atoms with Crippen LogP contribution in [0.15, 0.2) is 28.1 Å². The summed E-state index contributed by atoms with van der Waals surface area (Å²) in [6, 6.07) is 7.58. The lowest BCUT2D eigenvalue weighted by molar-refractivity contribution is 0.605. The van der Waals surface area contributed by atoms with Crippen LogP contribution in [0.2, 0.25) is 0 Å². The van der Waals surface area contributed by atoms with E-state index in [2.05, 4.69) is 37.9 Å². The molecule has 0 amide bonds. The van der Waals surface area contributed by atoms with Gasteiger partial charge in [0.2, 0.25) is 0 Å². The average molecular weight is 378 g/mol. The van der Waals surface area contributed by atoms with E-state index in [9.17, 15) is 4.39 Å². The topological polar surface area (TPSA) is 0 Å². The van der Waals surface area contributed by atoms with Crippen LogP contribution in [0.5, 0.6) is 0 Å². The van der Waals surface area contributed by atoms with Gasteiger partial charge in [-0.2, -0.15) is 0 Å². The van der Waals surface area contributed by atoms with E-state index in [1.807, 2.05) is 19.1 Å². The van der Waals surface area contributed by atoms with Crippen molar-refractivity contribution in [3.05, 3.63) is 55.4 Å². The molecule has 0 saturated carbocycles. The molecule has 0 bridgehead atoms. The molecule has 0 radical (unpaired) electrons. The fourth-order valence-corrected chi connectivity index (χ4v) is 3.96. The van der Waals surface area contributed by atoms with E-state index in [1.165, 1.54) is 5.56 Å². The second kappa shape index (κ2) is 5.21. The van der Waals surface area contributed by atoms with Gasteiger partial charge < -0.3 is 0 Å². The highest BCUT2D eigenvalue weighted by atomic mass is 79.9. The minimum absolute atomic E-state index is 0.0857. The van der Waals surface area contributed by atoms with Crippen molar-refractivity contribution in [2.75, 3.05) is 0 Å². The van der Waals surface area contributed by atoms with Crippen molar-refractivity contribution < 1.29 is 4.39 Å². The zero-order chi connectivity index (χ0) is 12.6. The van der Waals surface area contributed by atoms with Crippen molar-refractivity contribution in [3.8, 4) is 0 Å². The third-order valence-electron chi connectivity index (χ3n) is 2.62. The van der Waals surface area contributed by atoms with Crippen molar-refractivity contribution in [2.45, 2.75) is 18.7 Å². The maximum absolute atomic E-state index is 14.0. The largest absolute Gasteiger partial charge is 0.206 e. The summed E-state index contributed by atoms with van der Waals surface area (Å²) in [6.07, 6.45) is 0. The van der Waals surface area contributed by atoms with Crippen molar-refractivity contribution >= 4 is 43.2 Å². The Morgan fingerprint density at radius 1 is 1.24 bits per heavy atom. The van der Waals surface area contributed by atoms with Crippen LogP contribution in [-0.4, -0.2) is 0 Å². The molecule has 0 fully saturated rings. The Bertz CT molecular complexity index is 529. The van der Waals surface area contributed by atoms with Crippen LogP contribution in [0.4, 0.5) is 4.39 Å². The molecule has 1 aromatic carbocycles. The molecule has 4 heteroatoms. The lowest BCUT2D eigenvalue weighted by Gasteiger charge is -2.10. The highest BCUT2D eigenvalue weighted by molar-refractivity contribution is 9.11. The molecule has 17 heavy (non-hydrogen) atoms. The highest BCUT2D eigenvalue weighted by Gasteiger charge is 2.18. The lowest BCUT2D eigenvalue weighted by atomic mass is 10.1. The van der Waals surface area contributed by atoms with Crippen LogP contribution in [-0.2, 0) is 0 Å². The third-order valence-corrected chi connectivity index (χ3v) is 6.11. The number of rotatable bonds is 2. The second-order valence-electron chi connectivity index (χ2n) is 3.95. The molecular weight excluding hydrogens is 367 g/mol. The molecule has 2 rings (SSSR count). The van der Waals surface area contributed by atoms with E-state index in [0.717, 1.165) is 8.66 Å². The maximum Gasteiger partial charge on any atom is 0.130 e. The fraction of sp³-hybridized carbons (Fsp3) is 0.231. The number of hydrogen-bond acceptors (Lipinski definition) is 1. The number of alkyl halides is 1. The highest BCUT2D eigenvalue weighted by Crippen LogP contribution is 2.40. The quantitative estimate of drug-likeness (QED) is 0.584. The predicted octanol–water partition coefficient (Wildman–Crippen LogP) is 5.75. The smallest absolute Gasteiger partial charge is 0.130 e. The van der Waals surface area contributed by atoms with Crippen LogP contribution in [0.3, 0.4) is 0 Å². The number of halogens is 3. The molecular formula is C13H11Br2FS. The SMILES string of the molecule is Cc1cc(C(Br)c2cccc(C)c2F)sc1Br. The first-order valence-corrected chi connectivity index (χ1v) is 7.68. The van der Waals surface area contributed by atoms with Crippen molar-refractivity contribution in [1.82, 2.24) is 0 Å². The van der Waals surface area contributed by atoms with Crippen LogP contribution in [0.1, 0.15) is 26.4 Å². The molecule has 0 spiro atoms. The van der Waals surface area contributed by atoms with Gasteiger partial charge in [0.1, 0.15) is 5.82 Å². The van der Waals surface area contributed by atoms with E-state index in [1.54, 1.807) is 24.3 Å². The van der Waals surface area contributed by atoms with Gasteiger partial charge >= 0.3 is 0 Å². The zero-order valence-corrected chi connectivity index (χ0v) is 13.4. The molecule has 0 N–H and O–H groups in total. The van der Waals surface area contributed by atoms with Gasteiger partial charge in [0.25, 0.3) is 0 Å². The summed E-state index contributed by atoms with van der Waals surface area (Å²) >= 11 is 8.70. The van der Waals surface area contributed by atoms with E-state index in [4.69, 9.17) is 0 Å². The molecule has 0 nitrogen and oxygen atoms in total.